The summed E-state index contributed by atoms with van der Waals surface area (Å²) in [6, 6.07) is 7.69. The van der Waals surface area contributed by atoms with Crippen molar-refractivity contribution in [3.05, 3.63) is 58.6 Å². The van der Waals surface area contributed by atoms with Crippen LogP contribution in [-0.2, 0) is 16.2 Å². The van der Waals surface area contributed by atoms with Crippen LogP contribution in [-0.4, -0.2) is 32.7 Å². The molecule has 26 heavy (non-hydrogen) atoms. The lowest BCUT2D eigenvalue weighted by atomic mass is 10.1. The van der Waals surface area contributed by atoms with Crippen molar-refractivity contribution in [2.24, 2.45) is 0 Å². The monoisotopic (exact) mass is 406 g/mol. The van der Waals surface area contributed by atoms with E-state index in [1.807, 2.05) is 0 Å². The van der Waals surface area contributed by atoms with Gasteiger partial charge in [0.15, 0.2) is 0 Å². The Morgan fingerprint density at radius 1 is 1.12 bits per heavy atom. The molecule has 2 aromatic carbocycles. The molecule has 140 valence electrons. The zero-order chi connectivity index (χ0) is 19.7. The molecule has 0 saturated heterocycles. The van der Waals surface area contributed by atoms with E-state index in [-0.39, 0.29) is 21.2 Å². The molecule has 0 bridgehead atoms. The van der Waals surface area contributed by atoms with Gasteiger partial charge in [-0.25, -0.2) is 12.7 Å². The van der Waals surface area contributed by atoms with Crippen LogP contribution < -0.4 is 5.32 Å². The second-order valence-corrected chi connectivity index (χ2v) is 7.99. The average molecular weight is 407 g/mol. The van der Waals surface area contributed by atoms with E-state index in [9.17, 15) is 26.4 Å². The summed E-state index contributed by atoms with van der Waals surface area (Å²) in [5, 5.41) is 2.23. The molecule has 0 fully saturated rings. The first-order valence-corrected chi connectivity index (χ1v) is 8.95. The third kappa shape index (κ3) is 4.35. The van der Waals surface area contributed by atoms with Gasteiger partial charge in [-0.1, -0.05) is 17.7 Å². The summed E-state index contributed by atoms with van der Waals surface area (Å²) in [7, 11) is -1.28. The number of halogens is 4. The Bertz CT molecular complexity index is 944. The molecule has 0 radical (unpaired) electrons. The van der Waals surface area contributed by atoms with Crippen molar-refractivity contribution in [3.8, 4) is 0 Å². The highest BCUT2D eigenvalue weighted by Gasteiger charge is 2.30. The molecule has 0 atom stereocenters. The second kappa shape index (κ2) is 7.26. The second-order valence-electron chi connectivity index (χ2n) is 5.47. The number of hydrogen-bond donors (Lipinski definition) is 1. The predicted octanol–water partition coefficient (Wildman–Crippen LogP) is 3.86. The number of alkyl halides is 3. The van der Waals surface area contributed by atoms with Gasteiger partial charge in [-0.05, 0) is 36.4 Å². The smallest absolute Gasteiger partial charge is 0.322 e. The highest BCUT2D eigenvalue weighted by Crippen LogP contribution is 2.31. The van der Waals surface area contributed by atoms with Gasteiger partial charge in [0.1, 0.15) is 4.90 Å². The minimum absolute atomic E-state index is 0.0627. The lowest BCUT2D eigenvalue weighted by Crippen LogP contribution is -2.23. The number of amides is 1. The Balaban J connectivity index is 2.35. The van der Waals surface area contributed by atoms with Crippen molar-refractivity contribution < 1.29 is 26.4 Å². The number of rotatable bonds is 4. The molecule has 2 aromatic rings. The van der Waals surface area contributed by atoms with E-state index in [0.717, 1.165) is 28.6 Å². The van der Waals surface area contributed by atoms with E-state index in [0.29, 0.717) is 0 Å². The van der Waals surface area contributed by atoms with Gasteiger partial charge in [0, 0.05) is 25.3 Å². The number of nitrogens with zero attached hydrogens (tertiary/aromatic N) is 1. The van der Waals surface area contributed by atoms with Crippen LogP contribution in [0.5, 0.6) is 0 Å². The number of nitrogens with one attached hydrogen (secondary N) is 1. The molecule has 0 aliphatic heterocycles. The number of anilines is 1. The third-order valence-electron chi connectivity index (χ3n) is 3.40. The molecule has 0 unspecified atom stereocenters. The summed E-state index contributed by atoms with van der Waals surface area (Å²) in [5.74, 6) is -0.767. The van der Waals surface area contributed by atoms with Gasteiger partial charge < -0.3 is 5.32 Å². The quantitative estimate of drug-likeness (QED) is 0.838. The van der Waals surface area contributed by atoms with Gasteiger partial charge in [0.05, 0.1) is 10.6 Å². The van der Waals surface area contributed by atoms with Crippen molar-refractivity contribution in [1.29, 1.82) is 0 Å². The Morgan fingerprint density at radius 2 is 1.77 bits per heavy atom. The van der Waals surface area contributed by atoms with Crippen LogP contribution in [0.15, 0.2) is 47.4 Å². The molecule has 0 aromatic heterocycles. The van der Waals surface area contributed by atoms with Crippen LogP contribution in [0.25, 0.3) is 0 Å². The highest BCUT2D eigenvalue weighted by atomic mass is 35.5. The van der Waals surface area contributed by atoms with Gasteiger partial charge in [-0.2, -0.15) is 13.2 Å². The van der Waals surface area contributed by atoms with Crippen LogP contribution in [0.4, 0.5) is 18.9 Å². The molecular weight excluding hydrogens is 393 g/mol. The Morgan fingerprint density at radius 3 is 2.35 bits per heavy atom. The fraction of sp³-hybridized carbons (Fsp3) is 0.188. The number of hydrogen-bond acceptors (Lipinski definition) is 3. The van der Waals surface area contributed by atoms with E-state index < -0.39 is 27.7 Å². The Kier molecular flexibility index (Phi) is 5.64. The zero-order valence-corrected chi connectivity index (χ0v) is 15.2. The number of carbonyl (C=O) groups is 1. The normalized spacial score (nSPS) is 12.3. The minimum atomic E-state index is -4.55. The van der Waals surface area contributed by atoms with Crippen molar-refractivity contribution in [3.63, 3.8) is 0 Å². The summed E-state index contributed by atoms with van der Waals surface area (Å²) >= 11 is 5.90. The number of benzene rings is 2. The molecular formula is C16H14ClF3N2O3S. The van der Waals surface area contributed by atoms with Gasteiger partial charge >= 0.3 is 6.18 Å². The maximum Gasteiger partial charge on any atom is 0.416 e. The maximum atomic E-state index is 12.7. The summed E-state index contributed by atoms with van der Waals surface area (Å²) in [6.45, 7) is 0. The van der Waals surface area contributed by atoms with Crippen LogP contribution in [0.2, 0.25) is 5.02 Å². The molecule has 0 saturated carbocycles. The van der Waals surface area contributed by atoms with Crippen molar-refractivity contribution >= 4 is 33.2 Å². The first-order chi connectivity index (χ1) is 11.9. The van der Waals surface area contributed by atoms with Gasteiger partial charge in [0.2, 0.25) is 10.0 Å². The SMILES string of the molecule is CN(C)S(=O)(=O)c1cc(C(=O)Nc2cccc(C(F)(F)F)c2)ccc1Cl. The fourth-order valence-corrected chi connectivity index (χ4v) is 3.41. The van der Waals surface area contributed by atoms with E-state index >= 15 is 0 Å². The largest absolute Gasteiger partial charge is 0.416 e. The topological polar surface area (TPSA) is 66.5 Å². The van der Waals surface area contributed by atoms with E-state index in [2.05, 4.69) is 5.32 Å². The van der Waals surface area contributed by atoms with Gasteiger partial charge in [0.25, 0.3) is 5.91 Å². The average Bonchev–Trinajstić information content (AvgIpc) is 2.54. The molecule has 0 aliphatic rings. The van der Waals surface area contributed by atoms with Crippen molar-refractivity contribution in [2.75, 3.05) is 19.4 Å². The zero-order valence-electron chi connectivity index (χ0n) is 13.6. The van der Waals surface area contributed by atoms with E-state index in [4.69, 9.17) is 11.6 Å². The first-order valence-electron chi connectivity index (χ1n) is 7.13. The molecule has 1 N–H and O–H groups in total. The minimum Gasteiger partial charge on any atom is -0.322 e. The third-order valence-corrected chi connectivity index (χ3v) is 5.70. The molecule has 10 heteroatoms. The van der Waals surface area contributed by atoms with Gasteiger partial charge in [-0.3, -0.25) is 4.79 Å². The predicted molar refractivity (Wildman–Crippen MR) is 91.7 cm³/mol. The first kappa shape index (κ1) is 20.2. The van der Waals surface area contributed by atoms with Crippen LogP contribution in [0, 0.1) is 0 Å². The number of carbonyl (C=O) groups excluding carboxylic acids is 1. The van der Waals surface area contributed by atoms with E-state index in [1.165, 1.54) is 32.3 Å². The molecule has 0 heterocycles. The molecule has 5 nitrogen and oxygen atoms in total. The van der Waals surface area contributed by atoms with Crippen molar-refractivity contribution in [2.45, 2.75) is 11.1 Å². The molecule has 2 rings (SSSR count). The lowest BCUT2D eigenvalue weighted by Gasteiger charge is -2.14. The standard InChI is InChI=1S/C16H14ClF3N2O3S/c1-22(2)26(24,25)14-8-10(6-7-13(14)17)15(23)21-12-5-3-4-11(9-12)16(18,19)20/h3-9H,1-2H3,(H,21,23). The molecule has 0 spiro atoms. The molecule has 0 aliphatic carbocycles. The lowest BCUT2D eigenvalue weighted by molar-refractivity contribution is -0.137. The van der Waals surface area contributed by atoms with Gasteiger partial charge in [-0.15, -0.1) is 0 Å². The summed E-state index contributed by atoms with van der Waals surface area (Å²) in [5.41, 5.74) is -1.05. The van der Waals surface area contributed by atoms with Crippen LogP contribution >= 0.6 is 11.6 Å². The van der Waals surface area contributed by atoms with Crippen molar-refractivity contribution in [1.82, 2.24) is 4.31 Å². The molecule has 1 amide bonds. The summed E-state index contributed by atoms with van der Waals surface area (Å²) < 4.78 is 63.6. The number of sulfonamides is 1. The Labute approximate surface area is 153 Å². The van der Waals surface area contributed by atoms with E-state index in [1.54, 1.807) is 0 Å². The highest BCUT2D eigenvalue weighted by molar-refractivity contribution is 7.89. The fourth-order valence-electron chi connectivity index (χ4n) is 2.02. The van der Waals surface area contributed by atoms with Crippen LogP contribution in [0.3, 0.4) is 0 Å². The summed E-state index contributed by atoms with van der Waals surface area (Å²) in [4.78, 5) is 12.0. The Hall–Kier alpha value is -2.10. The van der Waals surface area contributed by atoms with Crippen LogP contribution in [0.1, 0.15) is 15.9 Å². The summed E-state index contributed by atoms with van der Waals surface area (Å²) in [6.07, 6.45) is -4.55. The maximum absolute atomic E-state index is 12.7.